The summed E-state index contributed by atoms with van der Waals surface area (Å²) >= 11 is 0. The third-order valence-electron chi connectivity index (χ3n) is 2.88. The van der Waals surface area contributed by atoms with Crippen molar-refractivity contribution in [1.82, 2.24) is 4.98 Å². The summed E-state index contributed by atoms with van der Waals surface area (Å²) in [5.74, 6) is 0.808. The lowest BCUT2D eigenvalue weighted by Crippen LogP contribution is -1.94. The van der Waals surface area contributed by atoms with Gasteiger partial charge in [0, 0.05) is 11.3 Å². The molecule has 16 heavy (non-hydrogen) atoms. The molecule has 1 heterocycles. The van der Waals surface area contributed by atoms with Crippen molar-refractivity contribution in [1.29, 1.82) is 0 Å². The van der Waals surface area contributed by atoms with Crippen molar-refractivity contribution in [3.8, 4) is 5.75 Å². The second kappa shape index (κ2) is 3.67. The van der Waals surface area contributed by atoms with Crippen LogP contribution >= 0.6 is 0 Å². The molecule has 1 N–H and O–H groups in total. The SMILES string of the molecule is COc1ccc(C)c2[nH]c(C)c(C(C)=O)c12. The van der Waals surface area contributed by atoms with Gasteiger partial charge >= 0.3 is 0 Å². The maximum atomic E-state index is 11.6. The van der Waals surface area contributed by atoms with E-state index in [1.54, 1.807) is 14.0 Å². The number of aromatic nitrogens is 1. The van der Waals surface area contributed by atoms with E-state index < -0.39 is 0 Å². The van der Waals surface area contributed by atoms with Crippen LogP contribution in [-0.2, 0) is 0 Å². The molecule has 0 amide bonds. The van der Waals surface area contributed by atoms with Crippen LogP contribution in [0.3, 0.4) is 0 Å². The highest BCUT2D eigenvalue weighted by Gasteiger charge is 2.17. The average molecular weight is 217 g/mol. The third kappa shape index (κ3) is 1.40. The number of carbonyl (C=O) groups is 1. The van der Waals surface area contributed by atoms with E-state index in [2.05, 4.69) is 4.98 Å². The molecule has 0 aliphatic rings. The Morgan fingerprint density at radius 3 is 2.56 bits per heavy atom. The van der Waals surface area contributed by atoms with Crippen LogP contribution in [0.25, 0.3) is 10.9 Å². The summed E-state index contributed by atoms with van der Waals surface area (Å²) in [6.45, 7) is 5.51. The lowest BCUT2D eigenvalue weighted by Gasteiger charge is -2.05. The lowest BCUT2D eigenvalue weighted by atomic mass is 10.0. The molecule has 0 bridgehead atoms. The molecule has 0 radical (unpaired) electrons. The topological polar surface area (TPSA) is 42.1 Å². The van der Waals surface area contributed by atoms with Gasteiger partial charge in [-0.25, -0.2) is 0 Å². The van der Waals surface area contributed by atoms with E-state index in [0.29, 0.717) is 0 Å². The molecule has 0 fully saturated rings. The highest BCUT2D eigenvalue weighted by atomic mass is 16.5. The second-order valence-electron chi connectivity index (χ2n) is 4.02. The summed E-state index contributed by atoms with van der Waals surface area (Å²) in [6, 6.07) is 3.89. The zero-order chi connectivity index (χ0) is 11.9. The summed E-state index contributed by atoms with van der Waals surface area (Å²) in [7, 11) is 1.62. The first-order valence-corrected chi connectivity index (χ1v) is 5.23. The van der Waals surface area contributed by atoms with Gasteiger partial charge in [-0.05, 0) is 32.4 Å². The van der Waals surface area contributed by atoms with E-state index >= 15 is 0 Å². The van der Waals surface area contributed by atoms with Crippen molar-refractivity contribution < 1.29 is 9.53 Å². The smallest absolute Gasteiger partial charge is 0.162 e. The molecule has 84 valence electrons. The first-order valence-electron chi connectivity index (χ1n) is 5.23. The molecule has 1 aromatic heterocycles. The Balaban J connectivity index is 2.95. The number of rotatable bonds is 2. The molecule has 2 aromatic rings. The molecule has 0 saturated heterocycles. The third-order valence-corrected chi connectivity index (χ3v) is 2.88. The van der Waals surface area contributed by atoms with Crippen LogP contribution in [0.15, 0.2) is 12.1 Å². The number of hydrogen-bond acceptors (Lipinski definition) is 2. The number of ether oxygens (including phenoxy) is 1. The van der Waals surface area contributed by atoms with Gasteiger partial charge in [-0.3, -0.25) is 4.79 Å². The molecular formula is C13H15NO2. The number of H-pyrrole nitrogens is 1. The number of Topliss-reactive ketones (excluding diaryl/α,β-unsaturated/α-hetero) is 1. The van der Waals surface area contributed by atoms with Crippen LogP contribution in [0.1, 0.15) is 28.5 Å². The molecule has 1 aromatic carbocycles. The Labute approximate surface area is 94.4 Å². The zero-order valence-corrected chi connectivity index (χ0v) is 9.97. The highest BCUT2D eigenvalue weighted by Crippen LogP contribution is 2.33. The first-order chi connectivity index (χ1) is 7.56. The molecule has 0 spiro atoms. The van der Waals surface area contributed by atoms with Gasteiger partial charge in [0.1, 0.15) is 5.75 Å². The zero-order valence-electron chi connectivity index (χ0n) is 9.97. The average Bonchev–Trinajstić information content (AvgIpc) is 2.57. The lowest BCUT2D eigenvalue weighted by molar-refractivity contribution is 0.101. The number of ketones is 1. The van der Waals surface area contributed by atoms with Crippen LogP contribution in [0.4, 0.5) is 0 Å². The Kier molecular flexibility index (Phi) is 2.46. The van der Waals surface area contributed by atoms with Crippen molar-refractivity contribution >= 4 is 16.7 Å². The maximum absolute atomic E-state index is 11.6. The van der Waals surface area contributed by atoms with E-state index in [1.165, 1.54) is 0 Å². The monoisotopic (exact) mass is 217 g/mol. The molecule has 0 unspecified atom stereocenters. The summed E-state index contributed by atoms with van der Waals surface area (Å²) in [5.41, 5.74) is 3.74. The Morgan fingerprint density at radius 2 is 2.00 bits per heavy atom. The van der Waals surface area contributed by atoms with Gasteiger partial charge in [0.05, 0.1) is 18.0 Å². The van der Waals surface area contributed by atoms with Crippen LogP contribution in [0, 0.1) is 13.8 Å². The minimum Gasteiger partial charge on any atom is -0.496 e. The molecule has 3 heteroatoms. The van der Waals surface area contributed by atoms with E-state index in [1.807, 2.05) is 26.0 Å². The van der Waals surface area contributed by atoms with Gasteiger partial charge in [-0.2, -0.15) is 0 Å². The molecular weight excluding hydrogens is 202 g/mol. The van der Waals surface area contributed by atoms with Gasteiger partial charge in [0.2, 0.25) is 0 Å². The Bertz CT molecular complexity index is 567. The quantitative estimate of drug-likeness (QED) is 0.786. The number of aryl methyl sites for hydroxylation is 2. The fourth-order valence-corrected chi connectivity index (χ4v) is 2.14. The van der Waals surface area contributed by atoms with Crippen LogP contribution in [-0.4, -0.2) is 17.9 Å². The van der Waals surface area contributed by atoms with E-state index in [0.717, 1.165) is 33.5 Å². The molecule has 0 saturated carbocycles. The Hall–Kier alpha value is -1.77. The summed E-state index contributed by atoms with van der Waals surface area (Å²) in [5, 5.41) is 0.896. The van der Waals surface area contributed by atoms with Crippen LogP contribution in [0.5, 0.6) is 5.75 Å². The number of nitrogens with one attached hydrogen (secondary N) is 1. The van der Waals surface area contributed by atoms with E-state index in [4.69, 9.17) is 4.74 Å². The standard InChI is InChI=1S/C13H15NO2/c1-7-5-6-10(16-4)12-11(9(3)15)8(2)14-13(7)12/h5-6,14H,1-4H3. The van der Waals surface area contributed by atoms with Crippen molar-refractivity contribution in [3.05, 3.63) is 29.0 Å². The van der Waals surface area contributed by atoms with E-state index in [9.17, 15) is 4.79 Å². The van der Waals surface area contributed by atoms with Gasteiger partial charge < -0.3 is 9.72 Å². The maximum Gasteiger partial charge on any atom is 0.162 e. The van der Waals surface area contributed by atoms with Crippen LogP contribution < -0.4 is 4.74 Å². The molecule has 3 nitrogen and oxygen atoms in total. The predicted octanol–water partition coefficient (Wildman–Crippen LogP) is 3.00. The van der Waals surface area contributed by atoms with Crippen molar-refractivity contribution in [2.75, 3.05) is 7.11 Å². The number of fused-ring (bicyclic) bond motifs is 1. The van der Waals surface area contributed by atoms with Gasteiger partial charge in [0.25, 0.3) is 0 Å². The van der Waals surface area contributed by atoms with Crippen molar-refractivity contribution in [3.63, 3.8) is 0 Å². The minimum atomic E-state index is 0.0626. The fraction of sp³-hybridized carbons (Fsp3) is 0.308. The first kappa shape index (κ1) is 10.7. The number of hydrogen-bond donors (Lipinski definition) is 1. The number of aromatic amines is 1. The van der Waals surface area contributed by atoms with Gasteiger partial charge in [-0.1, -0.05) is 6.07 Å². The van der Waals surface area contributed by atoms with E-state index in [-0.39, 0.29) is 5.78 Å². The fourth-order valence-electron chi connectivity index (χ4n) is 2.14. The largest absolute Gasteiger partial charge is 0.496 e. The van der Waals surface area contributed by atoms with Crippen LogP contribution in [0.2, 0.25) is 0 Å². The minimum absolute atomic E-state index is 0.0626. The summed E-state index contributed by atoms with van der Waals surface area (Å²) < 4.78 is 5.31. The normalized spacial score (nSPS) is 10.8. The summed E-state index contributed by atoms with van der Waals surface area (Å²) in [4.78, 5) is 14.9. The number of carbonyl (C=O) groups excluding carboxylic acids is 1. The molecule has 0 aliphatic heterocycles. The molecule has 2 rings (SSSR count). The number of benzene rings is 1. The number of methoxy groups -OCH3 is 1. The van der Waals surface area contributed by atoms with Gasteiger partial charge in [-0.15, -0.1) is 0 Å². The molecule has 0 aliphatic carbocycles. The second-order valence-corrected chi connectivity index (χ2v) is 4.02. The predicted molar refractivity (Wildman–Crippen MR) is 64.3 cm³/mol. The van der Waals surface area contributed by atoms with Crippen molar-refractivity contribution in [2.45, 2.75) is 20.8 Å². The van der Waals surface area contributed by atoms with Crippen molar-refractivity contribution in [2.24, 2.45) is 0 Å². The molecule has 0 atom stereocenters. The summed E-state index contributed by atoms with van der Waals surface area (Å²) in [6.07, 6.45) is 0. The highest BCUT2D eigenvalue weighted by molar-refractivity contribution is 6.10. The Morgan fingerprint density at radius 1 is 1.31 bits per heavy atom. The van der Waals surface area contributed by atoms with Gasteiger partial charge in [0.15, 0.2) is 5.78 Å².